The Morgan fingerprint density at radius 1 is 1.21 bits per heavy atom. The number of carbonyl (C=O) groups is 1. The first-order chi connectivity index (χ1) is 18.0. The van der Waals surface area contributed by atoms with Crippen molar-refractivity contribution >= 4 is 22.9 Å². The van der Waals surface area contributed by atoms with Crippen molar-refractivity contribution in [2.75, 3.05) is 11.4 Å². The number of benzene rings is 2. The van der Waals surface area contributed by atoms with Crippen molar-refractivity contribution in [3.05, 3.63) is 87.9 Å². The van der Waals surface area contributed by atoms with Crippen LogP contribution in [0.2, 0.25) is 0 Å². The fourth-order valence-electron chi connectivity index (χ4n) is 5.76. The zero-order valence-electron chi connectivity index (χ0n) is 20.7. The third-order valence-electron chi connectivity index (χ3n) is 7.84. The number of aliphatic carboxylic acids is 1. The van der Waals surface area contributed by atoms with Gasteiger partial charge in [-0.25, -0.2) is 14.2 Å². The lowest BCUT2D eigenvalue weighted by Crippen LogP contribution is -2.36. The van der Waals surface area contributed by atoms with Crippen LogP contribution in [0.1, 0.15) is 48.1 Å². The molecular weight excluding hydrogens is 500 g/mol. The van der Waals surface area contributed by atoms with Gasteiger partial charge in [-0.3, -0.25) is 0 Å². The van der Waals surface area contributed by atoms with Gasteiger partial charge in [-0.05, 0) is 47.1 Å². The van der Waals surface area contributed by atoms with Gasteiger partial charge in [-0.1, -0.05) is 38.1 Å². The van der Waals surface area contributed by atoms with Crippen LogP contribution >= 0.6 is 0 Å². The lowest BCUT2D eigenvalue weighted by Gasteiger charge is -2.41. The van der Waals surface area contributed by atoms with E-state index in [-0.39, 0.29) is 41.9 Å². The highest BCUT2D eigenvalue weighted by atomic mass is 19.4. The molecule has 1 atom stereocenters. The molecule has 0 saturated carbocycles. The van der Waals surface area contributed by atoms with Crippen molar-refractivity contribution in [2.45, 2.75) is 44.9 Å². The number of fused-ring (bicyclic) bond motifs is 4. The molecule has 2 aliphatic carbocycles. The fraction of sp³-hybridized carbons (Fsp3) is 0.310. The van der Waals surface area contributed by atoms with E-state index in [0.717, 1.165) is 22.8 Å². The molecule has 1 aliphatic heterocycles. The molecular formula is C29H24F4N2O3. The van der Waals surface area contributed by atoms with Crippen LogP contribution in [0.15, 0.2) is 54.2 Å². The van der Waals surface area contributed by atoms with Gasteiger partial charge in [0.15, 0.2) is 5.82 Å². The predicted molar refractivity (Wildman–Crippen MR) is 133 cm³/mol. The van der Waals surface area contributed by atoms with E-state index in [1.54, 1.807) is 24.4 Å². The number of aromatic nitrogens is 1. The van der Waals surface area contributed by atoms with Crippen LogP contribution in [0.5, 0.6) is 5.88 Å². The van der Waals surface area contributed by atoms with Gasteiger partial charge in [0.25, 0.3) is 0 Å². The second-order valence-electron chi connectivity index (χ2n) is 10.6. The number of anilines is 2. The van der Waals surface area contributed by atoms with Crippen molar-refractivity contribution in [1.29, 1.82) is 0 Å². The molecule has 38 heavy (non-hydrogen) atoms. The van der Waals surface area contributed by atoms with E-state index in [9.17, 15) is 23.1 Å². The average Bonchev–Trinajstić information content (AvgIpc) is 3.46. The summed E-state index contributed by atoms with van der Waals surface area (Å²) in [6.45, 7) is 3.99. The Morgan fingerprint density at radius 3 is 2.71 bits per heavy atom. The quantitative estimate of drug-likeness (QED) is 0.378. The monoisotopic (exact) mass is 524 g/mol. The Labute approximate surface area is 216 Å². The second-order valence-corrected chi connectivity index (χ2v) is 10.6. The molecule has 5 nitrogen and oxygen atoms in total. The first-order valence-corrected chi connectivity index (χ1v) is 12.3. The molecule has 0 saturated heterocycles. The van der Waals surface area contributed by atoms with Gasteiger partial charge in [-0.15, -0.1) is 0 Å². The summed E-state index contributed by atoms with van der Waals surface area (Å²) in [5.41, 5.74) is 2.65. The molecule has 0 spiro atoms. The molecule has 9 heteroatoms. The highest BCUT2D eigenvalue weighted by Gasteiger charge is 2.48. The molecule has 3 aliphatic rings. The summed E-state index contributed by atoms with van der Waals surface area (Å²) in [7, 11) is 0. The number of allylic oxidation sites excluding steroid dienone is 1. The predicted octanol–water partition coefficient (Wildman–Crippen LogP) is 6.66. The number of halogens is 4. The maximum absolute atomic E-state index is 16.1. The van der Waals surface area contributed by atoms with Crippen LogP contribution in [-0.4, -0.2) is 22.6 Å². The molecule has 0 bridgehead atoms. The molecule has 2 heterocycles. The summed E-state index contributed by atoms with van der Waals surface area (Å²) in [5, 5.41) is 9.24. The van der Waals surface area contributed by atoms with Gasteiger partial charge < -0.3 is 14.7 Å². The third-order valence-corrected chi connectivity index (χ3v) is 7.84. The highest BCUT2D eigenvalue weighted by Crippen LogP contribution is 2.55. The lowest BCUT2D eigenvalue weighted by atomic mass is 9.77. The van der Waals surface area contributed by atoms with Crippen LogP contribution in [0.3, 0.4) is 0 Å². The Hall–Kier alpha value is -3.88. The normalized spacial score (nSPS) is 19.1. The Bertz CT molecular complexity index is 1530. The van der Waals surface area contributed by atoms with Crippen molar-refractivity contribution in [1.82, 2.24) is 4.98 Å². The summed E-state index contributed by atoms with van der Waals surface area (Å²) in [4.78, 5) is 17.0. The van der Waals surface area contributed by atoms with E-state index < -0.39 is 28.9 Å². The number of nitrogens with zero attached hydrogens (tertiary/aromatic N) is 2. The minimum atomic E-state index is -4.58. The smallest absolute Gasteiger partial charge is 0.418 e. The van der Waals surface area contributed by atoms with Crippen LogP contribution in [-0.2, 0) is 29.4 Å². The second kappa shape index (κ2) is 8.31. The molecule has 1 aromatic heterocycles. The zero-order chi connectivity index (χ0) is 27.0. The SMILES string of the molecule is CC1(C)CCN(c2ccccc2C(F)(F)F)c2c1ccc(COc1cc3c(cn1)C1=C(C(=O)O)[C@@H]1C3)c2F. The van der Waals surface area contributed by atoms with Crippen LogP contribution in [0.4, 0.5) is 28.9 Å². The van der Waals surface area contributed by atoms with Crippen molar-refractivity contribution in [3.8, 4) is 5.88 Å². The molecule has 196 valence electrons. The molecule has 2 aromatic carbocycles. The van der Waals surface area contributed by atoms with E-state index in [1.165, 1.54) is 23.1 Å². The fourth-order valence-corrected chi connectivity index (χ4v) is 5.76. The Morgan fingerprint density at radius 2 is 1.97 bits per heavy atom. The molecule has 0 radical (unpaired) electrons. The number of ether oxygens (including phenoxy) is 1. The number of carboxylic acid groups (broad SMARTS) is 1. The first kappa shape index (κ1) is 24.5. The third kappa shape index (κ3) is 3.83. The molecule has 1 N–H and O–H groups in total. The number of hydrogen-bond donors (Lipinski definition) is 1. The first-order valence-electron chi connectivity index (χ1n) is 12.3. The van der Waals surface area contributed by atoms with E-state index in [1.807, 2.05) is 13.8 Å². The average molecular weight is 525 g/mol. The summed E-state index contributed by atoms with van der Waals surface area (Å²) in [6, 6.07) is 10.3. The topological polar surface area (TPSA) is 62.7 Å². The van der Waals surface area contributed by atoms with E-state index in [0.29, 0.717) is 24.0 Å². The molecule has 0 fully saturated rings. The summed E-state index contributed by atoms with van der Waals surface area (Å²) in [5.74, 6) is -1.33. The van der Waals surface area contributed by atoms with E-state index in [4.69, 9.17) is 4.74 Å². The Kier molecular flexibility index (Phi) is 5.35. The lowest BCUT2D eigenvalue weighted by molar-refractivity contribution is -0.137. The molecule has 0 unspecified atom stereocenters. The van der Waals surface area contributed by atoms with Gasteiger partial charge in [0.05, 0.1) is 16.9 Å². The summed E-state index contributed by atoms with van der Waals surface area (Å²) >= 11 is 0. The number of carboxylic acids is 1. The number of rotatable bonds is 5. The van der Waals surface area contributed by atoms with Crippen molar-refractivity contribution in [3.63, 3.8) is 0 Å². The Balaban J connectivity index is 1.32. The number of hydrogen-bond acceptors (Lipinski definition) is 4. The number of para-hydroxylation sites is 1. The minimum absolute atomic E-state index is 0.0773. The minimum Gasteiger partial charge on any atom is -0.478 e. The summed E-state index contributed by atoms with van der Waals surface area (Å²) < 4.78 is 63.3. The maximum atomic E-state index is 16.1. The van der Waals surface area contributed by atoms with Gasteiger partial charge in [0.1, 0.15) is 6.61 Å². The largest absolute Gasteiger partial charge is 0.478 e. The molecule has 6 rings (SSSR count). The van der Waals surface area contributed by atoms with Gasteiger partial charge in [-0.2, -0.15) is 13.2 Å². The van der Waals surface area contributed by atoms with Gasteiger partial charge in [0.2, 0.25) is 5.88 Å². The van der Waals surface area contributed by atoms with Crippen LogP contribution < -0.4 is 9.64 Å². The standard InChI is InChI=1S/C29H24F4N2O3/c1-28(2)9-10-35(21-6-4-3-5-19(21)29(31,32)33)26-20(28)8-7-15(25(26)30)14-38-22-12-16-11-17-23(18(16)13-34-22)24(17)27(36)37/h3-8,12-13,17H,9-11,14H2,1-2H3,(H,36,37)/t17-/m1/s1. The van der Waals surface area contributed by atoms with E-state index >= 15 is 4.39 Å². The van der Waals surface area contributed by atoms with Gasteiger partial charge in [0, 0.05) is 41.4 Å². The van der Waals surface area contributed by atoms with Crippen LogP contribution in [0, 0.1) is 11.7 Å². The van der Waals surface area contributed by atoms with Crippen molar-refractivity contribution in [2.24, 2.45) is 5.92 Å². The van der Waals surface area contributed by atoms with Crippen molar-refractivity contribution < 1.29 is 32.2 Å². The molecule has 3 aromatic rings. The number of pyridine rings is 1. The maximum Gasteiger partial charge on any atom is 0.418 e. The van der Waals surface area contributed by atoms with Gasteiger partial charge >= 0.3 is 12.1 Å². The number of alkyl halides is 3. The summed E-state index contributed by atoms with van der Waals surface area (Å²) in [6.07, 6.45) is -1.87. The van der Waals surface area contributed by atoms with Crippen LogP contribution in [0.25, 0.3) is 5.57 Å². The highest BCUT2D eigenvalue weighted by molar-refractivity contribution is 6.11. The van der Waals surface area contributed by atoms with E-state index in [2.05, 4.69) is 4.98 Å². The molecule has 0 amide bonds. The zero-order valence-corrected chi connectivity index (χ0v) is 20.7.